The van der Waals surface area contributed by atoms with Crippen molar-refractivity contribution in [1.82, 2.24) is 10.2 Å². The molecule has 0 aliphatic carbocycles. The summed E-state index contributed by atoms with van der Waals surface area (Å²) in [4.78, 5) is 13.8. The molecule has 1 aliphatic rings. The Morgan fingerprint density at radius 2 is 1.88 bits per heavy atom. The number of nitrogens with one attached hydrogen (secondary N) is 1. The van der Waals surface area contributed by atoms with E-state index in [9.17, 15) is 18.0 Å². The topological polar surface area (TPSA) is 50.8 Å². The molecule has 1 fully saturated rings. The van der Waals surface area contributed by atoms with Crippen molar-refractivity contribution in [2.75, 3.05) is 39.5 Å². The molecule has 0 atom stereocenters. The van der Waals surface area contributed by atoms with Crippen LogP contribution in [-0.4, -0.2) is 56.5 Å². The van der Waals surface area contributed by atoms with Crippen LogP contribution in [0.3, 0.4) is 0 Å². The number of carbonyl (C=O) groups is 1. The number of morpholine rings is 1. The van der Waals surface area contributed by atoms with Crippen molar-refractivity contribution in [2.45, 2.75) is 19.3 Å². The largest absolute Gasteiger partial charge is 0.411 e. The number of halogens is 3. The van der Waals surface area contributed by atoms with E-state index in [0.29, 0.717) is 13.2 Å². The molecule has 24 heavy (non-hydrogen) atoms. The van der Waals surface area contributed by atoms with Crippen LogP contribution < -0.4 is 5.32 Å². The van der Waals surface area contributed by atoms with E-state index in [1.807, 2.05) is 24.3 Å². The average Bonchev–Trinajstić information content (AvgIpc) is 2.54. The van der Waals surface area contributed by atoms with E-state index in [-0.39, 0.29) is 6.54 Å². The molecule has 0 radical (unpaired) electrons. The van der Waals surface area contributed by atoms with Gasteiger partial charge in [0, 0.05) is 26.2 Å². The minimum absolute atomic E-state index is 0.259. The zero-order valence-corrected chi connectivity index (χ0v) is 13.3. The molecule has 1 amide bonds. The molecule has 0 aromatic heterocycles. The van der Waals surface area contributed by atoms with Crippen LogP contribution in [0.15, 0.2) is 24.3 Å². The number of ether oxygens (including phenoxy) is 2. The predicted octanol–water partition coefficient (Wildman–Crippen LogP) is 1.71. The molecule has 1 aliphatic heterocycles. The SMILES string of the molecule is O=C(COCC(F)(F)F)NCc1ccccc1CN1CCOCC1. The van der Waals surface area contributed by atoms with Gasteiger partial charge in [0.2, 0.25) is 5.91 Å². The molecule has 5 nitrogen and oxygen atoms in total. The van der Waals surface area contributed by atoms with Crippen LogP contribution in [0.25, 0.3) is 0 Å². The molecule has 0 bridgehead atoms. The van der Waals surface area contributed by atoms with E-state index < -0.39 is 25.3 Å². The molecule has 1 aromatic rings. The highest BCUT2D eigenvalue weighted by molar-refractivity contribution is 5.77. The van der Waals surface area contributed by atoms with Gasteiger partial charge >= 0.3 is 6.18 Å². The summed E-state index contributed by atoms with van der Waals surface area (Å²) in [6.45, 7) is 2.09. The number of rotatable bonds is 7. The lowest BCUT2D eigenvalue weighted by Gasteiger charge is -2.27. The molecule has 1 aromatic carbocycles. The van der Waals surface area contributed by atoms with Crippen LogP contribution in [-0.2, 0) is 27.4 Å². The lowest BCUT2D eigenvalue weighted by Crippen LogP contribution is -2.36. The van der Waals surface area contributed by atoms with Gasteiger partial charge < -0.3 is 14.8 Å². The molecule has 0 unspecified atom stereocenters. The van der Waals surface area contributed by atoms with Gasteiger partial charge in [0.05, 0.1) is 13.2 Å². The van der Waals surface area contributed by atoms with E-state index in [2.05, 4.69) is 15.0 Å². The van der Waals surface area contributed by atoms with E-state index in [4.69, 9.17) is 4.74 Å². The number of hydrogen-bond acceptors (Lipinski definition) is 4. The van der Waals surface area contributed by atoms with Gasteiger partial charge in [0.15, 0.2) is 0 Å². The first kappa shape index (κ1) is 18.7. The summed E-state index contributed by atoms with van der Waals surface area (Å²) in [5.41, 5.74) is 2.02. The van der Waals surface area contributed by atoms with Crippen LogP contribution in [0.2, 0.25) is 0 Å². The van der Waals surface area contributed by atoms with Gasteiger partial charge in [-0.25, -0.2) is 0 Å². The van der Waals surface area contributed by atoms with Gasteiger partial charge in [-0.15, -0.1) is 0 Å². The number of benzene rings is 1. The second-order valence-corrected chi connectivity index (χ2v) is 5.54. The molecular weight excluding hydrogens is 325 g/mol. The third-order valence-corrected chi connectivity index (χ3v) is 3.59. The van der Waals surface area contributed by atoms with E-state index in [0.717, 1.165) is 30.8 Å². The number of nitrogens with zero attached hydrogens (tertiary/aromatic N) is 1. The Morgan fingerprint density at radius 3 is 2.54 bits per heavy atom. The molecule has 2 rings (SSSR count). The Morgan fingerprint density at radius 1 is 1.21 bits per heavy atom. The molecule has 1 saturated heterocycles. The summed E-state index contributed by atoms with van der Waals surface area (Å²) >= 11 is 0. The number of carbonyl (C=O) groups excluding carboxylic acids is 1. The second kappa shape index (κ2) is 9.00. The Kier molecular flexibility index (Phi) is 7.01. The molecule has 0 spiro atoms. The van der Waals surface area contributed by atoms with Crippen LogP contribution >= 0.6 is 0 Å². The third kappa shape index (κ3) is 6.86. The summed E-state index contributed by atoms with van der Waals surface area (Å²) in [7, 11) is 0. The van der Waals surface area contributed by atoms with Crippen molar-refractivity contribution >= 4 is 5.91 Å². The van der Waals surface area contributed by atoms with Crippen molar-refractivity contribution in [1.29, 1.82) is 0 Å². The van der Waals surface area contributed by atoms with Gasteiger partial charge in [-0.05, 0) is 11.1 Å². The Bertz CT molecular complexity index is 532. The van der Waals surface area contributed by atoms with Gasteiger partial charge in [-0.2, -0.15) is 13.2 Å². The molecule has 8 heteroatoms. The molecular formula is C16H21F3N2O3. The first-order valence-corrected chi connectivity index (χ1v) is 7.72. The Balaban J connectivity index is 1.80. The van der Waals surface area contributed by atoms with Gasteiger partial charge in [0.25, 0.3) is 0 Å². The lowest BCUT2D eigenvalue weighted by molar-refractivity contribution is -0.175. The maximum Gasteiger partial charge on any atom is 0.411 e. The van der Waals surface area contributed by atoms with Gasteiger partial charge in [-0.3, -0.25) is 9.69 Å². The fourth-order valence-electron chi connectivity index (χ4n) is 2.39. The van der Waals surface area contributed by atoms with Gasteiger partial charge in [0.1, 0.15) is 13.2 Å². The number of amides is 1. The van der Waals surface area contributed by atoms with Gasteiger partial charge in [-0.1, -0.05) is 24.3 Å². The van der Waals surface area contributed by atoms with Crippen LogP contribution in [0, 0.1) is 0 Å². The molecule has 134 valence electrons. The molecule has 1 heterocycles. The first-order valence-electron chi connectivity index (χ1n) is 7.72. The summed E-state index contributed by atoms with van der Waals surface area (Å²) in [5, 5.41) is 2.59. The second-order valence-electron chi connectivity index (χ2n) is 5.54. The standard InChI is InChI=1S/C16H21F3N2O3/c17-16(18,19)12-24-11-15(22)20-9-13-3-1-2-4-14(13)10-21-5-7-23-8-6-21/h1-4H,5-12H2,(H,20,22). The first-order chi connectivity index (χ1) is 11.4. The van der Waals surface area contributed by atoms with E-state index in [1.165, 1.54) is 0 Å². The molecule has 1 N–H and O–H groups in total. The van der Waals surface area contributed by atoms with Crippen LogP contribution in [0.4, 0.5) is 13.2 Å². The third-order valence-electron chi connectivity index (χ3n) is 3.59. The summed E-state index contributed by atoms with van der Waals surface area (Å²) in [6.07, 6.45) is -4.43. The lowest BCUT2D eigenvalue weighted by atomic mass is 10.1. The zero-order valence-electron chi connectivity index (χ0n) is 13.3. The minimum Gasteiger partial charge on any atom is -0.379 e. The van der Waals surface area contributed by atoms with Crippen molar-refractivity contribution < 1.29 is 27.4 Å². The Hall–Kier alpha value is -1.64. The zero-order chi connectivity index (χ0) is 17.4. The van der Waals surface area contributed by atoms with Crippen molar-refractivity contribution in [2.24, 2.45) is 0 Å². The monoisotopic (exact) mass is 346 g/mol. The summed E-state index contributed by atoms with van der Waals surface area (Å²) < 4.78 is 45.5. The summed E-state index contributed by atoms with van der Waals surface area (Å²) in [5.74, 6) is -0.569. The van der Waals surface area contributed by atoms with Crippen molar-refractivity contribution in [3.63, 3.8) is 0 Å². The number of hydrogen-bond donors (Lipinski definition) is 1. The number of alkyl halides is 3. The smallest absolute Gasteiger partial charge is 0.379 e. The maximum absolute atomic E-state index is 12.0. The van der Waals surface area contributed by atoms with Crippen molar-refractivity contribution in [3.05, 3.63) is 35.4 Å². The van der Waals surface area contributed by atoms with E-state index >= 15 is 0 Å². The van der Waals surface area contributed by atoms with Crippen LogP contribution in [0.1, 0.15) is 11.1 Å². The minimum atomic E-state index is -4.43. The fraction of sp³-hybridized carbons (Fsp3) is 0.562. The predicted molar refractivity (Wildman–Crippen MR) is 81.3 cm³/mol. The van der Waals surface area contributed by atoms with Crippen LogP contribution in [0.5, 0.6) is 0 Å². The summed E-state index contributed by atoms with van der Waals surface area (Å²) in [6, 6.07) is 7.67. The highest BCUT2D eigenvalue weighted by Gasteiger charge is 2.27. The highest BCUT2D eigenvalue weighted by atomic mass is 19.4. The fourth-order valence-corrected chi connectivity index (χ4v) is 2.39. The highest BCUT2D eigenvalue weighted by Crippen LogP contribution is 2.14. The Labute approximate surface area is 138 Å². The normalized spacial score (nSPS) is 16.1. The average molecular weight is 346 g/mol. The van der Waals surface area contributed by atoms with E-state index in [1.54, 1.807) is 0 Å². The quantitative estimate of drug-likeness (QED) is 0.817. The molecule has 0 saturated carbocycles. The maximum atomic E-state index is 12.0. The van der Waals surface area contributed by atoms with Crippen molar-refractivity contribution in [3.8, 4) is 0 Å².